The molecule has 0 unspecified atom stereocenters. The van der Waals surface area contributed by atoms with Crippen LogP contribution in [0.25, 0.3) is 0 Å². The van der Waals surface area contributed by atoms with Crippen molar-refractivity contribution in [3.8, 4) is 5.75 Å². The molecule has 2 rings (SSSR count). The third-order valence-corrected chi connectivity index (χ3v) is 5.79. The quantitative estimate of drug-likeness (QED) is 0.769. The molecule has 0 bridgehead atoms. The Kier molecular flexibility index (Phi) is 3.77. The standard InChI is InChI=1S/C13H12FIO/c1-16-13-9-7-12(8-10-13)15(14)11-5-3-2-4-6-11/h2-10H,1H3. The minimum atomic E-state index is -2.69. The van der Waals surface area contributed by atoms with E-state index in [4.69, 9.17) is 4.74 Å². The fourth-order valence-electron chi connectivity index (χ4n) is 1.33. The third-order valence-electron chi connectivity index (χ3n) is 2.17. The molecular formula is C13H12FIO. The van der Waals surface area contributed by atoms with Crippen LogP contribution >= 0.6 is 20.4 Å². The molecule has 0 saturated heterocycles. The summed E-state index contributed by atoms with van der Waals surface area (Å²) in [4.78, 5) is 0. The molecule has 0 N–H and O–H groups in total. The molecule has 0 atom stereocenters. The summed E-state index contributed by atoms with van der Waals surface area (Å²) in [7, 11) is 1.61. The van der Waals surface area contributed by atoms with Gasteiger partial charge in [0.15, 0.2) is 0 Å². The van der Waals surface area contributed by atoms with E-state index < -0.39 is 20.4 Å². The van der Waals surface area contributed by atoms with Gasteiger partial charge in [0.1, 0.15) is 0 Å². The topological polar surface area (TPSA) is 9.23 Å². The summed E-state index contributed by atoms with van der Waals surface area (Å²) in [6.07, 6.45) is 0. The molecule has 2 aromatic rings. The third kappa shape index (κ3) is 2.52. The van der Waals surface area contributed by atoms with Crippen molar-refractivity contribution in [3.05, 3.63) is 61.7 Å². The van der Waals surface area contributed by atoms with Crippen LogP contribution in [-0.2, 0) is 0 Å². The Labute approximate surface area is 102 Å². The summed E-state index contributed by atoms with van der Waals surface area (Å²) in [5, 5.41) is 0. The van der Waals surface area contributed by atoms with Crippen LogP contribution in [0.15, 0.2) is 54.6 Å². The summed E-state index contributed by atoms with van der Waals surface area (Å²) in [5.74, 6) is 0.765. The van der Waals surface area contributed by atoms with Crippen LogP contribution < -0.4 is 4.74 Å². The van der Waals surface area contributed by atoms with E-state index in [1.807, 2.05) is 54.6 Å². The maximum atomic E-state index is 14.2. The van der Waals surface area contributed by atoms with Gasteiger partial charge in [0.05, 0.1) is 0 Å². The Bertz CT molecular complexity index is 441. The first-order valence-electron chi connectivity index (χ1n) is 4.87. The molecule has 2 aromatic carbocycles. The van der Waals surface area contributed by atoms with Crippen molar-refractivity contribution in [1.29, 1.82) is 0 Å². The number of rotatable bonds is 3. The minimum absolute atomic E-state index is 0.765. The van der Waals surface area contributed by atoms with E-state index in [2.05, 4.69) is 0 Å². The predicted molar refractivity (Wildman–Crippen MR) is 72.0 cm³/mol. The Morgan fingerprint density at radius 2 is 1.44 bits per heavy atom. The normalized spacial score (nSPS) is 11.0. The molecule has 0 fully saturated rings. The summed E-state index contributed by atoms with van der Waals surface area (Å²) in [5.41, 5.74) is 0. The van der Waals surface area contributed by atoms with Gasteiger partial charge in [0.2, 0.25) is 0 Å². The second-order valence-corrected chi connectivity index (χ2v) is 7.04. The van der Waals surface area contributed by atoms with Crippen molar-refractivity contribution in [1.82, 2.24) is 0 Å². The second kappa shape index (κ2) is 5.30. The van der Waals surface area contributed by atoms with Gasteiger partial charge in [-0.05, 0) is 0 Å². The van der Waals surface area contributed by atoms with Gasteiger partial charge >= 0.3 is 103 Å². The van der Waals surface area contributed by atoms with Crippen molar-refractivity contribution in [2.45, 2.75) is 0 Å². The van der Waals surface area contributed by atoms with Crippen molar-refractivity contribution < 1.29 is 7.60 Å². The first-order valence-corrected chi connectivity index (χ1v) is 7.84. The van der Waals surface area contributed by atoms with Gasteiger partial charge in [-0.3, -0.25) is 0 Å². The zero-order valence-corrected chi connectivity index (χ0v) is 11.0. The summed E-state index contributed by atoms with van der Waals surface area (Å²) >= 11 is -2.69. The van der Waals surface area contributed by atoms with Crippen molar-refractivity contribution >= 4 is 20.4 Å². The van der Waals surface area contributed by atoms with Gasteiger partial charge in [0, 0.05) is 0 Å². The first kappa shape index (κ1) is 11.4. The maximum absolute atomic E-state index is 14.2. The van der Waals surface area contributed by atoms with Crippen LogP contribution in [0.4, 0.5) is 2.86 Å². The number of hydrogen-bond acceptors (Lipinski definition) is 1. The van der Waals surface area contributed by atoms with E-state index >= 15 is 0 Å². The van der Waals surface area contributed by atoms with E-state index in [0.29, 0.717) is 0 Å². The van der Waals surface area contributed by atoms with Crippen LogP contribution in [0.5, 0.6) is 5.75 Å². The van der Waals surface area contributed by atoms with Crippen LogP contribution in [0, 0.1) is 7.14 Å². The molecule has 1 nitrogen and oxygen atoms in total. The summed E-state index contributed by atoms with van der Waals surface area (Å²) < 4.78 is 20.9. The summed E-state index contributed by atoms with van der Waals surface area (Å²) in [6, 6.07) is 16.6. The monoisotopic (exact) mass is 330 g/mol. The van der Waals surface area contributed by atoms with E-state index in [1.165, 1.54) is 0 Å². The predicted octanol–water partition coefficient (Wildman–Crippen LogP) is 4.13. The SMILES string of the molecule is COc1ccc(I(F)c2ccccc2)cc1. The van der Waals surface area contributed by atoms with Gasteiger partial charge in [-0.25, -0.2) is 0 Å². The molecule has 0 radical (unpaired) electrons. The zero-order valence-electron chi connectivity index (χ0n) is 8.86. The number of halogens is 2. The Morgan fingerprint density at radius 3 is 2.00 bits per heavy atom. The Balaban J connectivity index is 2.24. The summed E-state index contributed by atoms with van der Waals surface area (Å²) in [6.45, 7) is 0. The van der Waals surface area contributed by atoms with Gasteiger partial charge < -0.3 is 0 Å². The van der Waals surface area contributed by atoms with Crippen molar-refractivity contribution in [2.75, 3.05) is 7.11 Å². The van der Waals surface area contributed by atoms with Gasteiger partial charge in [-0.15, -0.1) is 0 Å². The molecular weight excluding hydrogens is 318 g/mol. The second-order valence-electron chi connectivity index (χ2n) is 3.19. The molecule has 3 heteroatoms. The number of benzene rings is 2. The van der Waals surface area contributed by atoms with Gasteiger partial charge in [-0.1, -0.05) is 0 Å². The average molecular weight is 330 g/mol. The van der Waals surface area contributed by atoms with E-state index in [0.717, 1.165) is 12.9 Å². The first-order chi connectivity index (χ1) is 7.81. The van der Waals surface area contributed by atoms with Gasteiger partial charge in [0.25, 0.3) is 0 Å². The Hall–Kier alpha value is -1.10. The molecule has 0 aliphatic rings. The molecule has 84 valence electrons. The molecule has 0 heterocycles. The van der Waals surface area contributed by atoms with E-state index in [9.17, 15) is 2.86 Å². The van der Waals surface area contributed by atoms with Crippen molar-refractivity contribution in [3.63, 3.8) is 0 Å². The van der Waals surface area contributed by atoms with Crippen LogP contribution in [-0.4, -0.2) is 7.11 Å². The molecule has 0 saturated carbocycles. The molecule has 16 heavy (non-hydrogen) atoms. The fourth-order valence-corrected chi connectivity index (χ4v) is 4.09. The van der Waals surface area contributed by atoms with Crippen LogP contribution in [0.1, 0.15) is 0 Å². The fraction of sp³-hybridized carbons (Fsp3) is 0.0769. The molecule has 0 spiro atoms. The number of hydrogen-bond donors (Lipinski definition) is 0. The van der Waals surface area contributed by atoms with Crippen molar-refractivity contribution in [2.24, 2.45) is 0 Å². The van der Waals surface area contributed by atoms with E-state index in [-0.39, 0.29) is 0 Å². The number of methoxy groups -OCH3 is 1. The number of ether oxygens (including phenoxy) is 1. The molecule has 0 aromatic heterocycles. The van der Waals surface area contributed by atoms with E-state index in [1.54, 1.807) is 7.11 Å². The zero-order chi connectivity index (χ0) is 11.4. The Morgan fingerprint density at radius 1 is 0.875 bits per heavy atom. The van der Waals surface area contributed by atoms with Crippen LogP contribution in [0.3, 0.4) is 0 Å². The van der Waals surface area contributed by atoms with Gasteiger partial charge in [-0.2, -0.15) is 0 Å². The molecule has 0 aliphatic carbocycles. The van der Waals surface area contributed by atoms with Crippen LogP contribution in [0.2, 0.25) is 0 Å². The molecule has 0 amide bonds. The molecule has 0 aliphatic heterocycles. The average Bonchev–Trinajstić information content (AvgIpc) is 2.39.